The van der Waals surface area contributed by atoms with E-state index in [0.29, 0.717) is 0 Å². The Balaban J connectivity index is 2.14. The van der Waals surface area contributed by atoms with E-state index in [1.807, 2.05) is 0 Å². The van der Waals surface area contributed by atoms with Crippen molar-refractivity contribution >= 4 is 0 Å². The fourth-order valence-electron chi connectivity index (χ4n) is 2.78. The molecular weight excluding hydrogens is 208 g/mol. The molecule has 0 spiro atoms. The van der Waals surface area contributed by atoms with E-state index in [1.165, 1.54) is 37.1 Å². The molecule has 0 aromatic heterocycles. The lowest BCUT2D eigenvalue weighted by Gasteiger charge is -2.30. The van der Waals surface area contributed by atoms with Crippen molar-refractivity contribution in [1.82, 2.24) is 4.90 Å². The summed E-state index contributed by atoms with van der Waals surface area (Å²) in [4.78, 5) is 2.42. The molecule has 17 heavy (non-hydrogen) atoms. The number of rotatable bonds is 3. The fraction of sp³-hybridized carbons (Fsp3) is 0.600. The van der Waals surface area contributed by atoms with Crippen LogP contribution in [0.1, 0.15) is 36.8 Å². The number of piperidine rings is 1. The van der Waals surface area contributed by atoms with Crippen LogP contribution < -0.4 is 5.73 Å². The van der Waals surface area contributed by atoms with Gasteiger partial charge in [0.1, 0.15) is 0 Å². The largest absolute Gasteiger partial charge is 0.328 e. The number of nitrogens with two attached hydrogens (primary N) is 1. The van der Waals surface area contributed by atoms with E-state index >= 15 is 0 Å². The number of hydrogen-bond donors (Lipinski definition) is 1. The van der Waals surface area contributed by atoms with Crippen LogP contribution in [0.25, 0.3) is 0 Å². The van der Waals surface area contributed by atoms with E-state index < -0.39 is 0 Å². The average molecular weight is 232 g/mol. The Morgan fingerprint density at radius 1 is 1.29 bits per heavy atom. The van der Waals surface area contributed by atoms with Crippen LogP contribution in [0.4, 0.5) is 0 Å². The van der Waals surface area contributed by atoms with E-state index in [-0.39, 0.29) is 6.04 Å². The molecule has 94 valence electrons. The van der Waals surface area contributed by atoms with Crippen molar-refractivity contribution in [3.8, 4) is 0 Å². The SMILES string of the molecule is CC(N)Cc1ccccc1C1CCN(C)CC1. The molecule has 1 heterocycles. The Kier molecular flexibility index (Phi) is 4.19. The molecule has 0 radical (unpaired) electrons. The molecule has 0 aliphatic carbocycles. The second-order valence-corrected chi connectivity index (χ2v) is 5.46. The first-order valence-corrected chi connectivity index (χ1v) is 6.68. The monoisotopic (exact) mass is 232 g/mol. The highest BCUT2D eigenvalue weighted by Gasteiger charge is 2.20. The van der Waals surface area contributed by atoms with Gasteiger partial charge in [-0.3, -0.25) is 0 Å². The zero-order chi connectivity index (χ0) is 12.3. The van der Waals surface area contributed by atoms with E-state index in [9.17, 15) is 0 Å². The number of hydrogen-bond acceptors (Lipinski definition) is 2. The van der Waals surface area contributed by atoms with Crippen LogP contribution in [0.5, 0.6) is 0 Å². The van der Waals surface area contributed by atoms with E-state index in [1.54, 1.807) is 0 Å². The Bertz CT molecular complexity index is 352. The second-order valence-electron chi connectivity index (χ2n) is 5.46. The number of likely N-dealkylation sites (tertiary alicyclic amines) is 1. The summed E-state index contributed by atoms with van der Waals surface area (Å²) in [6.45, 7) is 4.53. The minimum atomic E-state index is 0.252. The van der Waals surface area contributed by atoms with Gasteiger partial charge >= 0.3 is 0 Å². The third kappa shape index (κ3) is 3.30. The van der Waals surface area contributed by atoms with Gasteiger partial charge in [0.2, 0.25) is 0 Å². The third-order valence-corrected chi connectivity index (χ3v) is 3.76. The van der Waals surface area contributed by atoms with Gasteiger partial charge in [-0.25, -0.2) is 0 Å². The summed E-state index contributed by atoms with van der Waals surface area (Å²) in [6.07, 6.45) is 3.57. The van der Waals surface area contributed by atoms with Crippen LogP contribution in [-0.2, 0) is 6.42 Å². The average Bonchev–Trinajstić information content (AvgIpc) is 2.30. The van der Waals surface area contributed by atoms with Gasteiger partial charge in [0.15, 0.2) is 0 Å². The smallest absolute Gasteiger partial charge is 0.00510 e. The van der Waals surface area contributed by atoms with Gasteiger partial charge in [0.25, 0.3) is 0 Å². The van der Waals surface area contributed by atoms with Crippen LogP contribution in [-0.4, -0.2) is 31.1 Å². The molecule has 1 saturated heterocycles. The van der Waals surface area contributed by atoms with Crippen LogP contribution in [0.2, 0.25) is 0 Å². The van der Waals surface area contributed by atoms with Crippen molar-refractivity contribution in [3.63, 3.8) is 0 Å². The lowest BCUT2D eigenvalue weighted by atomic mass is 9.85. The maximum Gasteiger partial charge on any atom is 0.00510 e. The van der Waals surface area contributed by atoms with E-state index in [2.05, 4.69) is 43.1 Å². The molecule has 0 bridgehead atoms. The van der Waals surface area contributed by atoms with Crippen LogP contribution >= 0.6 is 0 Å². The molecule has 1 atom stereocenters. The molecule has 2 N–H and O–H groups in total. The molecule has 0 amide bonds. The molecule has 2 rings (SSSR count). The van der Waals surface area contributed by atoms with Gasteiger partial charge in [0.05, 0.1) is 0 Å². The molecule has 1 unspecified atom stereocenters. The summed E-state index contributed by atoms with van der Waals surface area (Å²) in [5.41, 5.74) is 8.93. The van der Waals surface area contributed by atoms with E-state index in [0.717, 1.165) is 12.3 Å². The van der Waals surface area contributed by atoms with Crippen molar-refractivity contribution in [2.45, 2.75) is 38.1 Å². The Hall–Kier alpha value is -0.860. The summed E-state index contributed by atoms with van der Waals surface area (Å²) in [5.74, 6) is 0.737. The Labute approximate surface area is 105 Å². The Morgan fingerprint density at radius 2 is 1.94 bits per heavy atom. The molecule has 1 aliphatic rings. The first kappa shape index (κ1) is 12.6. The van der Waals surface area contributed by atoms with Crippen LogP contribution in [0, 0.1) is 0 Å². The van der Waals surface area contributed by atoms with Crippen molar-refractivity contribution < 1.29 is 0 Å². The summed E-state index contributed by atoms with van der Waals surface area (Å²) in [7, 11) is 2.21. The topological polar surface area (TPSA) is 29.3 Å². The summed E-state index contributed by atoms with van der Waals surface area (Å²) >= 11 is 0. The highest BCUT2D eigenvalue weighted by atomic mass is 15.1. The van der Waals surface area contributed by atoms with Crippen molar-refractivity contribution in [3.05, 3.63) is 35.4 Å². The van der Waals surface area contributed by atoms with E-state index in [4.69, 9.17) is 5.73 Å². The first-order chi connectivity index (χ1) is 8.16. The maximum atomic E-state index is 5.94. The highest BCUT2D eigenvalue weighted by molar-refractivity contribution is 5.31. The zero-order valence-corrected chi connectivity index (χ0v) is 11.0. The van der Waals surface area contributed by atoms with Gasteiger partial charge in [0, 0.05) is 6.04 Å². The molecule has 1 aliphatic heterocycles. The molecule has 1 fully saturated rings. The van der Waals surface area contributed by atoms with Crippen molar-refractivity contribution in [2.24, 2.45) is 5.73 Å². The summed E-state index contributed by atoms with van der Waals surface area (Å²) in [5, 5.41) is 0. The minimum absolute atomic E-state index is 0.252. The van der Waals surface area contributed by atoms with Gasteiger partial charge in [-0.15, -0.1) is 0 Å². The van der Waals surface area contributed by atoms with Gasteiger partial charge in [-0.05, 0) is 63.4 Å². The first-order valence-electron chi connectivity index (χ1n) is 6.68. The van der Waals surface area contributed by atoms with Crippen molar-refractivity contribution in [2.75, 3.05) is 20.1 Å². The van der Waals surface area contributed by atoms with Crippen LogP contribution in [0.15, 0.2) is 24.3 Å². The molecule has 2 heteroatoms. The standard InChI is InChI=1S/C15H24N2/c1-12(16)11-14-5-3-4-6-15(14)13-7-9-17(2)10-8-13/h3-6,12-13H,7-11,16H2,1-2H3. The van der Waals surface area contributed by atoms with Crippen LogP contribution in [0.3, 0.4) is 0 Å². The van der Waals surface area contributed by atoms with Crippen molar-refractivity contribution in [1.29, 1.82) is 0 Å². The number of benzene rings is 1. The van der Waals surface area contributed by atoms with Gasteiger partial charge in [-0.1, -0.05) is 24.3 Å². The molecule has 0 saturated carbocycles. The maximum absolute atomic E-state index is 5.94. The predicted molar refractivity (Wildman–Crippen MR) is 73.3 cm³/mol. The molecule has 1 aromatic carbocycles. The number of nitrogens with zero attached hydrogens (tertiary/aromatic N) is 1. The fourth-order valence-corrected chi connectivity index (χ4v) is 2.78. The highest BCUT2D eigenvalue weighted by Crippen LogP contribution is 2.30. The second kappa shape index (κ2) is 5.65. The van der Waals surface area contributed by atoms with Gasteiger partial charge < -0.3 is 10.6 Å². The normalized spacial score (nSPS) is 20.4. The minimum Gasteiger partial charge on any atom is -0.328 e. The molecule has 1 aromatic rings. The molecule has 2 nitrogen and oxygen atoms in total. The zero-order valence-electron chi connectivity index (χ0n) is 11.0. The summed E-state index contributed by atoms with van der Waals surface area (Å²) in [6, 6.07) is 9.10. The third-order valence-electron chi connectivity index (χ3n) is 3.76. The summed E-state index contributed by atoms with van der Waals surface area (Å²) < 4.78 is 0. The molecular formula is C15H24N2. The lowest BCUT2D eigenvalue weighted by Crippen LogP contribution is -2.30. The van der Waals surface area contributed by atoms with Gasteiger partial charge in [-0.2, -0.15) is 0 Å². The quantitative estimate of drug-likeness (QED) is 0.867. The Morgan fingerprint density at radius 3 is 2.59 bits per heavy atom. The predicted octanol–water partition coefficient (Wildman–Crippen LogP) is 2.39. The lowest BCUT2D eigenvalue weighted by molar-refractivity contribution is 0.255.